The zero-order valence-corrected chi connectivity index (χ0v) is 12.7. The van der Waals surface area contributed by atoms with Crippen molar-refractivity contribution in [3.8, 4) is 11.3 Å². The summed E-state index contributed by atoms with van der Waals surface area (Å²) in [5.74, 6) is 0.342. The van der Waals surface area contributed by atoms with Gasteiger partial charge in [-0.05, 0) is 26.8 Å². The summed E-state index contributed by atoms with van der Waals surface area (Å²) in [6.45, 7) is 5.36. The van der Waals surface area contributed by atoms with Crippen molar-refractivity contribution in [1.82, 2.24) is 15.0 Å². The third-order valence-corrected chi connectivity index (χ3v) is 2.50. The minimum Gasteiger partial charge on any atom is -0.444 e. The molecule has 1 N–H and O–H groups in total. The number of hydrogen-bond donors (Lipinski definition) is 1. The number of aromatic nitrogens is 3. The molecule has 0 spiro atoms. The van der Waals surface area contributed by atoms with Crippen LogP contribution in [0.5, 0.6) is 0 Å². The predicted octanol–water partition coefficient (Wildman–Crippen LogP) is 3.54. The third kappa shape index (κ3) is 4.68. The van der Waals surface area contributed by atoms with E-state index in [9.17, 15) is 4.79 Å². The van der Waals surface area contributed by atoms with Gasteiger partial charge in [0.05, 0.1) is 10.7 Å². The molecule has 0 bridgehead atoms. The molecular weight excluding hydrogens is 292 g/mol. The smallest absolute Gasteiger partial charge is 0.413 e. The average molecular weight is 307 g/mol. The molecule has 0 aliphatic heterocycles. The summed E-state index contributed by atoms with van der Waals surface area (Å²) in [6.07, 6.45) is 3.94. The highest BCUT2D eigenvalue weighted by molar-refractivity contribution is 6.30. The van der Waals surface area contributed by atoms with Gasteiger partial charge in [0, 0.05) is 24.0 Å². The van der Waals surface area contributed by atoms with Gasteiger partial charge in [0.15, 0.2) is 0 Å². The van der Waals surface area contributed by atoms with Crippen LogP contribution in [-0.2, 0) is 4.74 Å². The van der Waals surface area contributed by atoms with Gasteiger partial charge in [0.2, 0.25) is 0 Å². The minimum absolute atomic E-state index is 0.342. The number of amides is 1. The molecule has 0 aliphatic carbocycles. The Bertz CT molecular complexity index is 655. The second kappa shape index (κ2) is 6.05. The van der Waals surface area contributed by atoms with Gasteiger partial charge >= 0.3 is 6.09 Å². The maximum absolute atomic E-state index is 11.7. The summed E-state index contributed by atoms with van der Waals surface area (Å²) < 4.78 is 5.16. The Kier molecular flexibility index (Phi) is 4.37. The van der Waals surface area contributed by atoms with Crippen LogP contribution < -0.4 is 5.32 Å². The molecule has 2 aromatic heterocycles. The van der Waals surface area contributed by atoms with E-state index in [1.54, 1.807) is 39.1 Å². The van der Waals surface area contributed by atoms with Crippen LogP contribution in [-0.4, -0.2) is 26.6 Å². The normalized spacial score (nSPS) is 11.0. The van der Waals surface area contributed by atoms with Crippen molar-refractivity contribution in [2.75, 3.05) is 5.32 Å². The fourth-order valence-corrected chi connectivity index (χ4v) is 1.72. The molecule has 0 aliphatic rings. The SMILES string of the molecule is CC(C)(C)OC(=O)Nc1cc(-c2cncc(Cl)c2)ncn1. The number of anilines is 1. The maximum Gasteiger partial charge on any atom is 0.413 e. The van der Waals surface area contributed by atoms with Crippen molar-refractivity contribution in [3.63, 3.8) is 0 Å². The van der Waals surface area contributed by atoms with Crippen LogP contribution in [0.4, 0.5) is 10.6 Å². The van der Waals surface area contributed by atoms with E-state index in [0.717, 1.165) is 5.56 Å². The van der Waals surface area contributed by atoms with Gasteiger partial charge in [0.1, 0.15) is 17.7 Å². The summed E-state index contributed by atoms with van der Waals surface area (Å²) in [6, 6.07) is 3.35. The first kappa shape index (κ1) is 15.2. The molecule has 2 aromatic rings. The molecule has 0 saturated heterocycles. The lowest BCUT2D eigenvalue weighted by atomic mass is 10.2. The lowest BCUT2D eigenvalue weighted by Gasteiger charge is -2.19. The molecule has 0 aromatic carbocycles. The molecule has 0 fully saturated rings. The van der Waals surface area contributed by atoms with Gasteiger partial charge in [-0.3, -0.25) is 10.3 Å². The Morgan fingerprint density at radius 2 is 2.00 bits per heavy atom. The fraction of sp³-hybridized carbons (Fsp3) is 0.286. The van der Waals surface area contributed by atoms with Crippen molar-refractivity contribution in [2.24, 2.45) is 0 Å². The molecule has 0 radical (unpaired) electrons. The topological polar surface area (TPSA) is 77.0 Å². The molecule has 7 heteroatoms. The minimum atomic E-state index is -0.573. The maximum atomic E-state index is 11.7. The lowest BCUT2D eigenvalue weighted by molar-refractivity contribution is 0.0635. The first-order valence-electron chi connectivity index (χ1n) is 6.26. The number of nitrogens with one attached hydrogen (secondary N) is 1. The summed E-state index contributed by atoms with van der Waals surface area (Å²) in [7, 11) is 0. The first-order chi connectivity index (χ1) is 9.83. The van der Waals surface area contributed by atoms with Crippen LogP contribution in [0.3, 0.4) is 0 Å². The third-order valence-electron chi connectivity index (χ3n) is 2.30. The Hall–Kier alpha value is -2.21. The van der Waals surface area contributed by atoms with E-state index in [1.165, 1.54) is 12.5 Å². The number of carbonyl (C=O) groups is 1. The van der Waals surface area contributed by atoms with Crippen LogP contribution in [0, 0.1) is 0 Å². The highest BCUT2D eigenvalue weighted by Gasteiger charge is 2.16. The summed E-state index contributed by atoms with van der Waals surface area (Å²) in [4.78, 5) is 23.8. The molecule has 2 rings (SSSR count). The molecule has 1 amide bonds. The number of rotatable bonds is 2. The van der Waals surface area contributed by atoms with Gasteiger partial charge in [-0.25, -0.2) is 14.8 Å². The van der Waals surface area contributed by atoms with E-state index in [4.69, 9.17) is 16.3 Å². The van der Waals surface area contributed by atoms with Crippen LogP contribution >= 0.6 is 11.6 Å². The average Bonchev–Trinajstić information content (AvgIpc) is 2.36. The Balaban J connectivity index is 2.17. The monoisotopic (exact) mass is 306 g/mol. The standard InChI is InChI=1S/C14H15ClN4O2/c1-14(2,3)21-13(20)19-12-5-11(17-8-18-12)9-4-10(15)7-16-6-9/h4-8H,1-3H3,(H,17,18,19,20). The van der Waals surface area contributed by atoms with Crippen molar-refractivity contribution < 1.29 is 9.53 Å². The number of ether oxygens (including phenoxy) is 1. The highest BCUT2D eigenvalue weighted by atomic mass is 35.5. The molecule has 21 heavy (non-hydrogen) atoms. The number of hydrogen-bond acceptors (Lipinski definition) is 5. The van der Waals surface area contributed by atoms with Gasteiger partial charge in [-0.1, -0.05) is 11.6 Å². The second-order valence-corrected chi connectivity index (χ2v) is 5.74. The zero-order chi connectivity index (χ0) is 15.5. The lowest BCUT2D eigenvalue weighted by Crippen LogP contribution is -2.27. The van der Waals surface area contributed by atoms with Crippen molar-refractivity contribution in [1.29, 1.82) is 0 Å². The fourth-order valence-electron chi connectivity index (χ4n) is 1.54. The van der Waals surface area contributed by atoms with Crippen LogP contribution in [0.2, 0.25) is 5.02 Å². The molecule has 110 valence electrons. The number of halogens is 1. The van der Waals surface area contributed by atoms with E-state index in [1.807, 2.05) is 0 Å². The van der Waals surface area contributed by atoms with Crippen molar-refractivity contribution >= 4 is 23.5 Å². The van der Waals surface area contributed by atoms with E-state index in [0.29, 0.717) is 16.5 Å². The van der Waals surface area contributed by atoms with Gasteiger partial charge in [-0.2, -0.15) is 0 Å². The van der Waals surface area contributed by atoms with E-state index >= 15 is 0 Å². The molecule has 6 nitrogen and oxygen atoms in total. The summed E-state index contributed by atoms with van der Waals surface area (Å²) in [5.41, 5.74) is 0.764. The number of nitrogens with zero attached hydrogens (tertiary/aromatic N) is 3. The van der Waals surface area contributed by atoms with Gasteiger partial charge in [0.25, 0.3) is 0 Å². The zero-order valence-electron chi connectivity index (χ0n) is 11.9. The number of carbonyl (C=O) groups excluding carboxylic acids is 1. The molecule has 0 atom stereocenters. The second-order valence-electron chi connectivity index (χ2n) is 5.31. The Morgan fingerprint density at radius 3 is 2.67 bits per heavy atom. The largest absolute Gasteiger partial charge is 0.444 e. The quantitative estimate of drug-likeness (QED) is 0.918. The van der Waals surface area contributed by atoms with Crippen LogP contribution in [0.1, 0.15) is 20.8 Å². The molecule has 0 saturated carbocycles. The number of pyridine rings is 1. The molecular formula is C14H15ClN4O2. The molecule has 2 heterocycles. The van der Waals surface area contributed by atoms with E-state index < -0.39 is 11.7 Å². The van der Waals surface area contributed by atoms with Crippen LogP contribution in [0.15, 0.2) is 30.9 Å². The van der Waals surface area contributed by atoms with E-state index in [-0.39, 0.29) is 0 Å². The van der Waals surface area contributed by atoms with Crippen molar-refractivity contribution in [2.45, 2.75) is 26.4 Å². The summed E-state index contributed by atoms with van der Waals surface area (Å²) >= 11 is 5.90. The Morgan fingerprint density at radius 1 is 1.24 bits per heavy atom. The van der Waals surface area contributed by atoms with Crippen LogP contribution in [0.25, 0.3) is 11.3 Å². The van der Waals surface area contributed by atoms with Gasteiger partial charge in [-0.15, -0.1) is 0 Å². The predicted molar refractivity (Wildman–Crippen MR) is 80.1 cm³/mol. The van der Waals surface area contributed by atoms with Gasteiger partial charge < -0.3 is 4.74 Å². The first-order valence-corrected chi connectivity index (χ1v) is 6.64. The van der Waals surface area contributed by atoms with Crippen molar-refractivity contribution in [3.05, 3.63) is 35.9 Å². The van der Waals surface area contributed by atoms with E-state index in [2.05, 4.69) is 20.3 Å². The molecule has 0 unspecified atom stereocenters. The summed E-state index contributed by atoms with van der Waals surface area (Å²) in [5, 5.41) is 3.06. The Labute approximate surface area is 127 Å². The highest BCUT2D eigenvalue weighted by Crippen LogP contribution is 2.21.